The van der Waals surface area contributed by atoms with E-state index in [0.717, 1.165) is 44.9 Å². The second kappa shape index (κ2) is 38.3. The molecule has 396 valence electrons. The first-order valence-electron chi connectivity index (χ1n) is 26.6. The van der Waals surface area contributed by atoms with E-state index in [4.69, 9.17) is 18.9 Å². The van der Waals surface area contributed by atoms with E-state index in [-0.39, 0.29) is 12.8 Å². The molecule has 0 aromatic rings. The number of allylic oxidation sites excluding steroid dienone is 1. The molecule has 0 aromatic carbocycles. The van der Waals surface area contributed by atoms with Crippen LogP contribution in [0.4, 0.5) is 0 Å². The Balaban J connectivity index is 1.89. The van der Waals surface area contributed by atoms with Gasteiger partial charge in [0.25, 0.3) is 0 Å². The molecule has 1 amide bonds. The van der Waals surface area contributed by atoms with Crippen molar-refractivity contribution in [2.75, 3.05) is 19.8 Å². The number of carbonyl (C=O) groups excluding carboxylic acids is 1. The largest absolute Gasteiger partial charge is 0.394 e. The summed E-state index contributed by atoms with van der Waals surface area (Å²) in [5.41, 5.74) is 0. The lowest BCUT2D eigenvalue weighted by Crippen LogP contribution is -2.62. The minimum atomic E-state index is -1.83. The maximum absolute atomic E-state index is 13.3. The summed E-state index contributed by atoms with van der Waals surface area (Å²) in [5.74, 6) is -0.774. The first-order chi connectivity index (χ1) is 32.4. The molecule has 67 heavy (non-hydrogen) atoms. The van der Waals surface area contributed by atoms with Crippen molar-refractivity contribution >= 4 is 5.91 Å². The van der Waals surface area contributed by atoms with E-state index in [1.807, 2.05) is 6.08 Å². The van der Waals surface area contributed by atoms with Crippen LogP contribution in [0, 0.1) is 0 Å². The minimum absolute atomic E-state index is 0.0671. The number of unbranched alkanes of at least 4 members (excludes halogenated alkanes) is 25. The van der Waals surface area contributed by atoms with Gasteiger partial charge in [-0.2, -0.15) is 0 Å². The highest BCUT2D eigenvalue weighted by Crippen LogP contribution is 2.27. The van der Waals surface area contributed by atoms with Crippen molar-refractivity contribution in [3.05, 3.63) is 12.2 Å². The third kappa shape index (κ3) is 25.6. The number of hydrogen-bond donors (Lipinski definition) is 11. The van der Waals surface area contributed by atoms with E-state index in [1.54, 1.807) is 6.08 Å². The zero-order valence-corrected chi connectivity index (χ0v) is 41.4. The van der Waals surface area contributed by atoms with Crippen molar-refractivity contribution in [1.29, 1.82) is 0 Å². The normalized spacial score (nSPS) is 27.6. The van der Waals surface area contributed by atoms with Crippen LogP contribution >= 0.6 is 0 Å². The van der Waals surface area contributed by atoms with Crippen molar-refractivity contribution in [1.82, 2.24) is 5.32 Å². The zero-order chi connectivity index (χ0) is 49.2. The predicted molar refractivity (Wildman–Crippen MR) is 257 cm³/mol. The monoisotopic (exact) mass is 964 g/mol. The number of rotatable bonds is 41. The van der Waals surface area contributed by atoms with E-state index in [9.17, 15) is 55.9 Å². The highest BCUT2D eigenvalue weighted by molar-refractivity contribution is 5.80. The Morgan fingerprint density at radius 1 is 0.537 bits per heavy atom. The number of hydrogen-bond acceptors (Lipinski definition) is 15. The molecule has 2 aliphatic rings. The highest BCUT2D eigenvalue weighted by atomic mass is 16.7. The van der Waals surface area contributed by atoms with Gasteiger partial charge in [0.15, 0.2) is 12.6 Å². The van der Waals surface area contributed by atoms with E-state index < -0.39 is 111 Å². The second-order valence-electron chi connectivity index (χ2n) is 19.3. The van der Waals surface area contributed by atoms with Crippen LogP contribution in [0.1, 0.15) is 200 Å². The molecule has 2 heterocycles. The molecule has 0 spiro atoms. The fourth-order valence-electron chi connectivity index (χ4n) is 8.82. The third-order valence-corrected chi connectivity index (χ3v) is 13.4. The van der Waals surface area contributed by atoms with Crippen molar-refractivity contribution in [2.24, 2.45) is 0 Å². The maximum atomic E-state index is 13.3. The molecule has 11 N–H and O–H groups in total. The number of carbonyl (C=O) groups is 1. The van der Waals surface area contributed by atoms with Crippen LogP contribution in [0.3, 0.4) is 0 Å². The molecule has 0 aliphatic carbocycles. The van der Waals surface area contributed by atoms with E-state index in [2.05, 4.69) is 19.2 Å². The Morgan fingerprint density at radius 2 is 0.955 bits per heavy atom. The Morgan fingerprint density at radius 3 is 1.43 bits per heavy atom. The second-order valence-corrected chi connectivity index (χ2v) is 19.3. The lowest BCUT2D eigenvalue weighted by molar-refractivity contribution is -0.331. The van der Waals surface area contributed by atoms with Crippen LogP contribution in [0.2, 0.25) is 0 Å². The number of ether oxygens (including phenoxy) is 4. The summed E-state index contributed by atoms with van der Waals surface area (Å²) in [6.45, 7) is 2.63. The Bertz CT molecular complexity index is 1220. The number of aliphatic hydroxyl groups excluding tert-OH is 10. The molecule has 14 atom stereocenters. The summed E-state index contributed by atoms with van der Waals surface area (Å²) in [4.78, 5) is 13.3. The Labute approximate surface area is 402 Å². The van der Waals surface area contributed by atoms with Gasteiger partial charge in [0.05, 0.1) is 32.0 Å². The Kier molecular flexibility index (Phi) is 35.3. The highest BCUT2D eigenvalue weighted by Gasteiger charge is 2.48. The molecule has 0 saturated carbocycles. The van der Waals surface area contributed by atoms with Crippen LogP contribution in [0.25, 0.3) is 0 Å². The van der Waals surface area contributed by atoms with Gasteiger partial charge in [-0.15, -0.1) is 0 Å². The summed E-state index contributed by atoms with van der Waals surface area (Å²) in [5, 5.41) is 108. The van der Waals surface area contributed by atoms with Gasteiger partial charge in [0, 0.05) is 0 Å². The molecule has 16 nitrogen and oxygen atoms in total. The van der Waals surface area contributed by atoms with E-state index in [0.29, 0.717) is 6.42 Å². The first kappa shape index (κ1) is 61.8. The summed E-state index contributed by atoms with van der Waals surface area (Å²) < 4.78 is 22.3. The van der Waals surface area contributed by atoms with Gasteiger partial charge in [-0.1, -0.05) is 187 Å². The fourth-order valence-corrected chi connectivity index (χ4v) is 8.82. The lowest BCUT2D eigenvalue weighted by Gasteiger charge is -2.43. The summed E-state index contributed by atoms with van der Waals surface area (Å²) in [6.07, 6.45) is 15.6. The average molecular weight is 964 g/mol. The molecule has 14 unspecified atom stereocenters. The standard InChI is InChI=1S/C51H97NO15/c1-3-5-7-9-11-13-15-17-18-19-20-21-23-25-27-29-31-33-39(55)49(63)52-37(42(56)38(54)32-30-28-26-24-22-16-14-12-10-8-6-4-2)35-64-50-48(62)46(60)44(58)41(67-50)36-65-51-47(61)45(59)43(57)40(34-53)66-51/h28,30,37-48,50-51,53-62H,3-27,29,31-36H2,1-2H3,(H,52,63). The number of nitrogens with one attached hydrogen (secondary N) is 1. The van der Waals surface area contributed by atoms with Crippen LogP contribution in [-0.2, 0) is 23.7 Å². The van der Waals surface area contributed by atoms with Crippen LogP contribution in [0.5, 0.6) is 0 Å². The topological polar surface area (TPSA) is 268 Å². The molecule has 2 saturated heterocycles. The van der Waals surface area contributed by atoms with Crippen molar-refractivity contribution in [2.45, 2.75) is 286 Å². The average Bonchev–Trinajstić information content (AvgIpc) is 3.32. The smallest absolute Gasteiger partial charge is 0.249 e. The van der Waals surface area contributed by atoms with E-state index in [1.165, 1.54) is 122 Å². The fraction of sp³-hybridized carbons (Fsp3) is 0.941. The molecule has 0 bridgehead atoms. The molecule has 16 heteroatoms. The summed E-state index contributed by atoms with van der Waals surface area (Å²) in [7, 11) is 0. The molecule has 2 fully saturated rings. The minimum Gasteiger partial charge on any atom is -0.394 e. The van der Waals surface area contributed by atoms with Gasteiger partial charge in [-0.25, -0.2) is 0 Å². The predicted octanol–water partition coefficient (Wildman–Crippen LogP) is 5.10. The van der Waals surface area contributed by atoms with Gasteiger partial charge in [0.1, 0.15) is 61.0 Å². The Hall–Kier alpha value is -1.35. The molecule has 0 radical (unpaired) electrons. The molecule has 0 aromatic heterocycles. The van der Waals surface area contributed by atoms with Crippen molar-refractivity contribution in [3.63, 3.8) is 0 Å². The quantitative estimate of drug-likeness (QED) is 0.0281. The number of amides is 1. The third-order valence-electron chi connectivity index (χ3n) is 13.4. The van der Waals surface area contributed by atoms with Gasteiger partial charge >= 0.3 is 0 Å². The SMILES string of the molecule is CCCCCCCCCCCC=CCC(O)C(O)C(COC1OC(COC2OC(CO)C(O)C(O)C2O)C(O)C(O)C1O)NC(=O)C(O)CCCCCCCCCCCCCCCCCCC. The van der Waals surface area contributed by atoms with Crippen molar-refractivity contribution < 1.29 is 74.8 Å². The van der Waals surface area contributed by atoms with Crippen LogP contribution in [-0.4, -0.2) is 163 Å². The van der Waals surface area contributed by atoms with E-state index >= 15 is 0 Å². The maximum Gasteiger partial charge on any atom is 0.249 e. The first-order valence-corrected chi connectivity index (χ1v) is 26.6. The lowest BCUT2D eigenvalue weighted by atomic mass is 9.98. The van der Waals surface area contributed by atoms with Gasteiger partial charge in [0.2, 0.25) is 5.91 Å². The van der Waals surface area contributed by atoms with Gasteiger partial charge in [-0.05, 0) is 25.7 Å². The van der Waals surface area contributed by atoms with Crippen molar-refractivity contribution in [3.8, 4) is 0 Å². The molecular weight excluding hydrogens is 867 g/mol. The van der Waals surface area contributed by atoms with Gasteiger partial charge < -0.3 is 75.3 Å². The zero-order valence-electron chi connectivity index (χ0n) is 41.4. The molecule has 2 aliphatic heterocycles. The summed E-state index contributed by atoms with van der Waals surface area (Å²) >= 11 is 0. The number of aliphatic hydroxyl groups is 10. The molecular formula is C51H97NO15. The van der Waals surface area contributed by atoms with Crippen LogP contribution in [0.15, 0.2) is 12.2 Å². The van der Waals surface area contributed by atoms with Gasteiger partial charge in [-0.3, -0.25) is 4.79 Å². The van der Waals surface area contributed by atoms with Crippen LogP contribution < -0.4 is 5.32 Å². The molecule has 2 rings (SSSR count). The summed E-state index contributed by atoms with van der Waals surface area (Å²) in [6, 6.07) is -1.30.